The minimum absolute atomic E-state index is 0.138. The first-order valence-corrected chi connectivity index (χ1v) is 7.03. The Balaban J connectivity index is 3.10. The smallest absolute Gasteiger partial charge is 0.213 e. The van der Waals surface area contributed by atoms with Gasteiger partial charge < -0.3 is 15.0 Å². The zero-order valence-electron chi connectivity index (χ0n) is 13.6. The van der Waals surface area contributed by atoms with Gasteiger partial charge in [0.1, 0.15) is 5.84 Å². The molecule has 0 heterocycles. The van der Waals surface area contributed by atoms with Crippen molar-refractivity contribution in [3.63, 3.8) is 0 Å². The van der Waals surface area contributed by atoms with E-state index in [0.29, 0.717) is 5.88 Å². The molecule has 0 saturated carbocycles. The van der Waals surface area contributed by atoms with Gasteiger partial charge in [-0.05, 0) is 40.5 Å². The Morgan fingerprint density at radius 2 is 2.00 bits per heavy atom. The molecule has 21 heavy (non-hydrogen) atoms. The van der Waals surface area contributed by atoms with Crippen LogP contribution < -0.4 is 5.32 Å². The second kappa shape index (κ2) is 8.27. The summed E-state index contributed by atoms with van der Waals surface area (Å²) in [5.41, 5.74) is 1.02. The van der Waals surface area contributed by atoms with Gasteiger partial charge in [0, 0.05) is 12.6 Å². The number of allylic oxidation sites excluding steroid dienone is 2. The lowest BCUT2D eigenvalue weighted by molar-refractivity contribution is 0.299. The molecule has 1 atom stereocenters. The van der Waals surface area contributed by atoms with E-state index in [2.05, 4.69) is 28.7 Å². The number of nitrogens with one attached hydrogen (secondary N) is 1. The van der Waals surface area contributed by atoms with Crippen LogP contribution in [0.5, 0.6) is 0 Å². The van der Waals surface area contributed by atoms with Crippen LogP contribution in [0.3, 0.4) is 0 Å². The molecule has 0 bridgehead atoms. The fourth-order valence-electron chi connectivity index (χ4n) is 1.70. The summed E-state index contributed by atoms with van der Waals surface area (Å²) in [5.74, 6) is 1.96. The van der Waals surface area contributed by atoms with Crippen molar-refractivity contribution in [1.82, 2.24) is 10.2 Å². The lowest BCUT2D eigenvalue weighted by Gasteiger charge is -2.28. The first-order chi connectivity index (χ1) is 9.99. The molecular weight excluding hydrogens is 262 g/mol. The van der Waals surface area contributed by atoms with Gasteiger partial charge in [0.2, 0.25) is 5.88 Å². The van der Waals surface area contributed by atoms with Crippen LogP contribution in [0.25, 0.3) is 0 Å². The number of aliphatic imine (C=N–C) groups is 1. The first-order valence-electron chi connectivity index (χ1n) is 7.03. The van der Waals surface area contributed by atoms with Gasteiger partial charge in [0.05, 0.1) is 11.9 Å². The Kier molecular flexibility index (Phi) is 6.69. The van der Waals surface area contributed by atoms with Gasteiger partial charge in [0.15, 0.2) is 0 Å². The summed E-state index contributed by atoms with van der Waals surface area (Å²) in [6, 6.07) is 10.0. The van der Waals surface area contributed by atoms with E-state index >= 15 is 0 Å². The lowest BCUT2D eigenvalue weighted by atomic mass is 10.2. The van der Waals surface area contributed by atoms with Gasteiger partial charge in [-0.2, -0.15) is 4.99 Å². The van der Waals surface area contributed by atoms with E-state index in [9.17, 15) is 0 Å². The summed E-state index contributed by atoms with van der Waals surface area (Å²) >= 11 is 0. The molecule has 0 aliphatic heterocycles. The van der Waals surface area contributed by atoms with Gasteiger partial charge in [0.25, 0.3) is 0 Å². The second-order valence-corrected chi connectivity index (χ2v) is 4.77. The Hall–Kier alpha value is -2.07. The SMILES string of the molecule is C=C(/N=C(/c1ccccc1)N(C)C(C)NC)O/C(C)=C/C. The summed E-state index contributed by atoms with van der Waals surface area (Å²) < 4.78 is 5.55. The summed E-state index contributed by atoms with van der Waals surface area (Å²) in [5, 5.41) is 3.20. The number of ether oxygens (including phenoxy) is 1. The Bertz CT molecular complexity index is 520. The second-order valence-electron chi connectivity index (χ2n) is 4.77. The number of rotatable bonds is 6. The Morgan fingerprint density at radius 1 is 1.38 bits per heavy atom. The fraction of sp³-hybridized carbons (Fsp3) is 0.353. The van der Waals surface area contributed by atoms with Crippen molar-refractivity contribution in [2.75, 3.05) is 14.1 Å². The number of amidine groups is 1. The number of benzene rings is 1. The van der Waals surface area contributed by atoms with E-state index in [0.717, 1.165) is 17.2 Å². The van der Waals surface area contributed by atoms with Crippen LogP contribution in [-0.2, 0) is 4.74 Å². The molecule has 1 unspecified atom stereocenters. The molecule has 0 saturated heterocycles. The monoisotopic (exact) mass is 287 g/mol. The fourth-order valence-corrected chi connectivity index (χ4v) is 1.70. The summed E-state index contributed by atoms with van der Waals surface area (Å²) in [7, 11) is 3.90. The van der Waals surface area contributed by atoms with Gasteiger partial charge >= 0.3 is 0 Å². The topological polar surface area (TPSA) is 36.9 Å². The van der Waals surface area contributed by atoms with E-state index in [-0.39, 0.29) is 6.17 Å². The Labute approximate surface area is 127 Å². The quantitative estimate of drug-likeness (QED) is 0.377. The Morgan fingerprint density at radius 3 is 2.52 bits per heavy atom. The largest absolute Gasteiger partial charge is 0.445 e. The van der Waals surface area contributed by atoms with Crippen molar-refractivity contribution in [3.8, 4) is 0 Å². The minimum atomic E-state index is 0.138. The van der Waals surface area contributed by atoms with Gasteiger partial charge in [-0.15, -0.1) is 0 Å². The van der Waals surface area contributed by atoms with Crippen LogP contribution >= 0.6 is 0 Å². The normalized spacial score (nSPS) is 13.8. The van der Waals surface area contributed by atoms with E-state index in [1.54, 1.807) is 0 Å². The van der Waals surface area contributed by atoms with Crippen molar-refractivity contribution >= 4 is 5.84 Å². The number of nitrogens with zero attached hydrogens (tertiary/aromatic N) is 2. The highest BCUT2D eigenvalue weighted by atomic mass is 16.5. The highest BCUT2D eigenvalue weighted by Crippen LogP contribution is 2.12. The molecule has 114 valence electrons. The first kappa shape index (κ1) is 17.0. The summed E-state index contributed by atoms with van der Waals surface area (Å²) in [6.07, 6.45) is 2.02. The van der Waals surface area contributed by atoms with Crippen molar-refractivity contribution in [2.45, 2.75) is 26.9 Å². The van der Waals surface area contributed by atoms with E-state index < -0.39 is 0 Å². The maximum Gasteiger partial charge on any atom is 0.213 e. The molecule has 1 aromatic carbocycles. The zero-order chi connectivity index (χ0) is 15.8. The molecular formula is C17H25N3O. The standard InChI is InChI=1S/C17H25N3O/c1-7-13(2)21-15(4)19-17(20(6)14(3)18-5)16-11-9-8-10-12-16/h7-12,14,18H,4H2,1-3,5-6H3/b13-7+,19-17-. The van der Waals surface area contributed by atoms with Gasteiger partial charge in [-0.1, -0.05) is 30.3 Å². The molecule has 0 aliphatic carbocycles. The van der Waals surface area contributed by atoms with Crippen molar-refractivity contribution in [1.29, 1.82) is 0 Å². The number of hydrogen-bond acceptors (Lipinski definition) is 3. The van der Waals surface area contributed by atoms with Crippen molar-refractivity contribution in [3.05, 3.63) is 60.2 Å². The molecule has 4 heteroatoms. The molecule has 4 nitrogen and oxygen atoms in total. The molecule has 1 N–H and O–H groups in total. The molecule has 0 radical (unpaired) electrons. The van der Waals surface area contributed by atoms with Crippen molar-refractivity contribution < 1.29 is 4.74 Å². The molecule has 1 aromatic rings. The van der Waals surface area contributed by atoms with Crippen molar-refractivity contribution in [2.24, 2.45) is 4.99 Å². The highest BCUT2D eigenvalue weighted by Gasteiger charge is 2.15. The van der Waals surface area contributed by atoms with Crippen LogP contribution in [0.2, 0.25) is 0 Å². The van der Waals surface area contributed by atoms with E-state index in [1.807, 2.05) is 64.4 Å². The van der Waals surface area contributed by atoms with Crippen LogP contribution in [0.1, 0.15) is 26.3 Å². The molecule has 0 aromatic heterocycles. The minimum Gasteiger partial charge on any atom is -0.445 e. The van der Waals surface area contributed by atoms with E-state index in [4.69, 9.17) is 4.74 Å². The van der Waals surface area contributed by atoms with Gasteiger partial charge in [-0.3, -0.25) is 0 Å². The third kappa shape index (κ3) is 5.08. The van der Waals surface area contributed by atoms with Crippen LogP contribution in [-0.4, -0.2) is 31.0 Å². The summed E-state index contributed by atoms with van der Waals surface area (Å²) in [4.78, 5) is 6.60. The van der Waals surface area contributed by atoms with Gasteiger partial charge in [-0.25, -0.2) is 0 Å². The predicted octanol–water partition coefficient (Wildman–Crippen LogP) is 3.34. The molecule has 0 spiro atoms. The number of hydrogen-bond donors (Lipinski definition) is 1. The summed E-state index contributed by atoms with van der Waals surface area (Å²) in [6.45, 7) is 9.74. The lowest BCUT2D eigenvalue weighted by Crippen LogP contribution is -2.43. The molecule has 0 amide bonds. The van der Waals surface area contributed by atoms with E-state index in [1.165, 1.54) is 0 Å². The third-order valence-corrected chi connectivity index (χ3v) is 3.28. The predicted molar refractivity (Wildman–Crippen MR) is 88.9 cm³/mol. The van der Waals surface area contributed by atoms with Crippen LogP contribution in [0, 0.1) is 0 Å². The maximum absolute atomic E-state index is 5.55. The average molecular weight is 287 g/mol. The van der Waals surface area contributed by atoms with Crippen LogP contribution in [0.4, 0.5) is 0 Å². The molecule has 1 rings (SSSR count). The third-order valence-electron chi connectivity index (χ3n) is 3.28. The molecule has 0 aliphatic rings. The van der Waals surface area contributed by atoms with Crippen LogP contribution in [0.15, 0.2) is 59.6 Å². The highest BCUT2D eigenvalue weighted by molar-refractivity contribution is 5.99. The molecule has 0 fully saturated rings. The average Bonchev–Trinajstić information content (AvgIpc) is 2.51. The maximum atomic E-state index is 5.55. The zero-order valence-corrected chi connectivity index (χ0v) is 13.6.